The molecule has 0 radical (unpaired) electrons. The summed E-state index contributed by atoms with van der Waals surface area (Å²) in [5.41, 5.74) is 1.29. The summed E-state index contributed by atoms with van der Waals surface area (Å²) in [5, 5.41) is 3.23. The highest BCUT2D eigenvalue weighted by Crippen LogP contribution is 2.25. The van der Waals surface area contributed by atoms with E-state index in [2.05, 4.69) is 5.32 Å². The molecule has 1 aromatic carbocycles. The van der Waals surface area contributed by atoms with Gasteiger partial charge in [0.25, 0.3) is 0 Å². The second kappa shape index (κ2) is 5.82. The number of likely N-dealkylation sites (N-methyl/N-ethyl adjacent to an activating group) is 1. The van der Waals surface area contributed by atoms with Gasteiger partial charge in [0.05, 0.1) is 6.61 Å². The van der Waals surface area contributed by atoms with E-state index in [1.807, 2.05) is 52.0 Å². The molecule has 0 saturated heterocycles. The van der Waals surface area contributed by atoms with Gasteiger partial charge in [0.1, 0.15) is 5.54 Å². The number of hydrogen-bond donors (Lipinski definition) is 1. The maximum atomic E-state index is 12.1. The lowest BCUT2D eigenvalue weighted by Gasteiger charge is -2.30. The van der Waals surface area contributed by atoms with Crippen LogP contribution in [0.2, 0.25) is 0 Å². The largest absolute Gasteiger partial charge is 0.464 e. The van der Waals surface area contributed by atoms with Gasteiger partial charge in [0.2, 0.25) is 0 Å². The van der Waals surface area contributed by atoms with Gasteiger partial charge < -0.3 is 4.74 Å². The SMILES string of the molecule is CCNC(C)(C(=O)OCC)c1ccccc1C. The molecular formula is C14H21NO2. The smallest absolute Gasteiger partial charge is 0.330 e. The van der Waals surface area contributed by atoms with Gasteiger partial charge in [-0.25, -0.2) is 4.79 Å². The van der Waals surface area contributed by atoms with Crippen LogP contribution < -0.4 is 5.32 Å². The van der Waals surface area contributed by atoms with E-state index in [1.54, 1.807) is 0 Å². The lowest BCUT2D eigenvalue weighted by Crippen LogP contribution is -2.48. The number of ether oxygens (including phenoxy) is 1. The van der Waals surface area contributed by atoms with Crippen molar-refractivity contribution in [3.63, 3.8) is 0 Å². The lowest BCUT2D eigenvalue weighted by atomic mass is 9.88. The molecule has 0 fully saturated rings. The molecule has 17 heavy (non-hydrogen) atoms. The van der Waals surface area contributed by atoms with Gasteiger partial charge in [-0.1, -0.05) is 31.2 Å². The molecule has 0 bridgehead atoms. The van der Waals surface area contributed by atoms with Crippen molar-refractivity contribution in [3.8, 4) is 0 Å². The number of carbonyl (C=O) groups is 1. The summed E-state index contributed by atoms with van der Waals surface area (Å²) in [7, 11) is 0. The first-order valence-electron chi connectivity index (χ1n) is 6.04. The number of aryl methyl sites for hydroxylation is 1. The summed E-state index contributed by atoms with van der Waals surface area (Å²) in [6.07, 6.45) is 0. The molecule has 0 saturated carbocycles. The van der Waals surface area contributed by atoms with Gasteiger partial charge in [-0.2, -0.15) is 0 Å². The van der Waals surface area contributed by atoms with Crippen LogP contribution in [0.4, 0.5) is 0 Å². The lowest BCUT2D eigenvalue weighted by molar-refractivity contribution is -0.151. The normalized spacial score (nSPS) is 14.1. The van der Waals surface area contributed by atoms with Crippen molar-refractivity contribution >= 4 is 5.97 Å². The van der Waals surface area contributed by atoms with Gasteiger partial charge in [-0.15, -0.1) is 0 Å². The predicted octanol–water partition coefficient (Wildman–Crippen LogP) is 2.38. The Morgan fingerprint density at radius 1 is 1.35 bits per heavy atom. The molecule has 0 heterocycles. The molecule has 0 aromatic heterocycles. The first-order chi connectivity index (χ1) is 8.06. The van der Waals surface area contributed by atoms with E-state index in [9.17, 15) is 4.79 Å². The minimum absolute atomic E-state index is 0.226. The summed E-state index contributed by atoms with van der Waals surface area (Å²) in [5.74, 6) is -0.226. The maximum Gasteiger partial charge on any atom is 0.330 e. The maximum absolute atomic E-state index is 12.1. The van der Waals surface area contributed by atoms with Crippen LogP contribution in [-0.2, 0) is 15.1 Å². The minimum atomic E-state index is -0.768. The van der Waals surface area contributed by atoms with Gasteiger partial charge in [0.15, 0.2) is 0 Å². The van der Waals surface area contributed by atoms with Crippen LogP contribution in [0.5, 0.6) is 0 Å². The Kier molecular flexibility index (Phi) is 4.70. The van der Waals surface area contributed by atoms with Crippen LogP contribution in [0.25, 0.3) is 0 Å². The van der Waals surface area contributed by atoms with Crippen molar-refractivity contribution in [2.75, 3.05) is 13.2 Å². The van der Waals surface area contributed by atoms with Crippen LogP contribution in [0.3, 0.4) is 0 Å². The third-order valence-electron chi connectivity index (χ3n) is 2.90. The van der Waals surface area contributed by atoms with Crippen molar-refractivity contribution < 1.29 is 9.53 Å². The van der Waals surface area contributed by atoms with Crippen molar-refractivity contribution in [2.24, 2.45) is 0 Å². The topological polar surface area (TPSA) is 38.3 Å². The zero-order valence-electron chi connectivity index (χ0n) is 11.0. The van der Waals surface area contributed by atoms with E-state index in [0.29, 0.717) is 13.2 Å². The summed E-state index contributed by atoms with van der Waals surface area (Å²) in [6, 6.07) is 7.88. The summed E-state index contributed by atoms with van der Waals surface area (Å²) < 4.78 is 5.17. The first kappa shape index (κ1) is 13.7. The Morgan fingerprint density at radius 3 is 2.53 bits per heavy atom. The standard InChI is InChI=1S/C14H21NO2/c1-5-15-14(4,13(16)17-6-2)12-10-8-7-9-11(12)3/h7-10,15H,5-6H2,1-4H3. The van der Waals surface area contributed by atoms with Crippen molar-refractivity contribution in [2.45, 2.75) is 33.2 Å². The number of hydrogen-bond acceptors (Lipinski definition) is 3. The van der Waals surface area contributed by atoms with E-state index < -0.39 is 5.54 Å². The average molecular weight is 235 g/mol. The summed E-state index contributed by atoms with van der Waals surface area (Å²) in [6.45, 7) is 8.79. The third-order valence-corrected chi connectivity index (χ3v) is 2.90. The molecule has 0 aliphatic rings. The zero-order chi connectivity index (χ0) is 12.9. The van der Waals surface area contributed by atoms with E-state index in [1.165, 1.54) is 0 Å². The van der Waals surface area contributed by atoms with Gasteiger partial charge >= 0.3 is 5.97 Å². The number of carbonyl (C=O) groups excluding carboxylic acids is 1. The van der Waals surface area contributed by atoms with E-state index in [0.717, 1.165) is 11.1 Å². The molecule has 94 valence electrons. The highest BCUT2D eigenvalue weighted by Gasteiger charge is 2.36. The Morgan fingerprint density at radius 2 is 2.00 bits per heavy atom. The van der Waals surface area contributed by atoms with Crippen molar-refractivity contribution in [3.05, 3.63) is 35.4 Å². The van der Waals surface area contributed by atoms with Crippen LogP contribution in [0, 0.1) is 6.92 Å². The quantitative estimate of drug-likeness (QED) is 0.796. The zero-order valence-corrected chi connectivity index (χ0v) is 11.0. The molecule has 0 spiro atoms. The van der Waals surface area contributed by atoms with Gasteiger partial charge in [-0.05, 0) is 38.4 Å². The van der Waals surface area contributed by atoms with Crippen LogP contribution in [0.1, 0.15) is 31.9 Å². The number of esters is 1. The molecule has 1 aromatic rings. The molecule has 1 N–H and O–H groups in total. The summed E-state index contributed by atoms with van der Waals surface area (Å²) >= 11 is 0. The Bertz CT molecular complexity index is 390. The molecule has 0 aliphatic carbocycles. The molecular weight excluding hydrogens is 214 g/mol. The second-order valence-electron chi connectivity index (χ2n) is 4.19. The fraction of sp³-hybridized carbons (Fsp3) is 0.500. The van der Waals surface area contributed by atoms with E-state index >= 15 is 0 Å². The molecule has 3 heteroatoms. The minimum Gasteiger partial charge on any atom is -0.464 e. The highest BCUT2D eigenvalue weighted by atomic mass is 16.5. The van der Waals surface area contributed by atoms with Crippen LogP contribution in [0.15, 0.2) is 24.3 Å². The monoisotopic (exact) mass is 235 g/mol. The molecule has 1 atom stereocenters. The molecule has 0 aliphatic heterocycles. The number of benzene rings is 1. The Hall–Kier alpha value is -1.35. The average Bonchev–Trinajstić information content (AvgIpc) is 2.30. The molecule has 0 amide bonds. The van der Waals surface area contributed by atoms with Crippen LogP contribution in [-0.4, -0.2) is 19.1 Å². The molecule has 3 nitrogen and oxygen atoms in total. The molecule has 1 rings (SSSR count). The first-order valence-corrected chi connectivity index (χ1v) is 6.04. The number of rotatable bonds is 5. The second-order valence-corrected chi connectivity index (χ2v) is 4.19. The molecule has 1 unspecified atom stereocenters. The van der Waals surface area contributed by atoms with E-state index in [-0.39, 0.29) is 5.97 Å². The fourth-order valence-corrected chi connectivity index (χ4v) is 2.04. The van der Waals surface area contributed by atoms with Crippen molar-refractivity contribution in [1.29, 1.82) is 0 Å². The Balaban J connectivity index is 3.15. The summed E-state index contributed by atoms with van der Waals surface area (Å²) in [4.78, 5) is 12.1. The van der Waals surface area contributed by atoms with E-state index in [4.69, 9.17) is 4.74 Å². The predicted molar refractivity (Wildman–Crippen MR) is 68.8 cm³/mol. The Labute approximate surface area is 103 Å². The highest BCUT2D eigenvalue weighted by molar-refractivity contribution is 5.82. The fourth-order valence-electron chi connectivity index (χ4n) is 2.04. The van der Waals surface area contributed by atoms with Gasteiger partial charge in [0, 0.05) is 0 Å². The van der Waals surface area contributed by atoms with Crippen LogP contribution >= 0.6 is 0 Å². The van der Waals surface area contributed by atoms with Gasteiger partial charge in [-0.3, -0.25) is 5.32 Å². The number of nitrogens with one attached hydrogen (secondary N) is 1. The van der Waals surface area contributed by atoms with Crippen molar-refractivity contribution in [1.82, 2.24) is 5.32 Å². The third kappa shape index (κ3) is 2.86.